The minimum Gasteiger partial charge on any atom is -0.496 e. The van der Waals surface area contributed by atoms with Gasteiger partial charge in [-0.25, -0.2) is 4.98 Å². The van der Waals surface area contributed by atoms with Crippen molar-refractivity contribution >= 4 is 28.3 Å². The van der Waals surface area contributed by atoms with E-state index in [1.807, 2.05) is 0 Å². The molecule has 2 amide bonds. The minimum atomic E-state index is -2.83. The summed E-state index contributed by atoms with van der Waals surface area (Å²) in [5, 5.41) is 12.6. The Bertz CT molecular complexity index is 1420. The monoisotopic (exact) mass is 539 g/mol. The van der Waals surface area contributed by atoms with Crippen LogP contribution in [0.3, 0.4) is 0 Å². The van der Waals surface area contributed by atoms with Crippen LogP contribution >= 0.6 is 11.3 Å². The van der Waals surface area contributed by atoms with Crippen molar-refractivity contribution in [3.63, 3.8) is 0 Å². The lowest BCUT2D eigenvalue weighted by atomic mass is 9.81. The lowest BCUT2D eigenvalue weighted by Crippen LogP contribution is -2.43. The third kappa shape index (κ3) is 5.07. The quantitative estimate of drug-likeness (QED) is 0.470. The first-order valence-electron chi connectivity index (χ1n) is 11.8. The molecule has 2 aliphatic rings. The van der Waals surface area contributed by atoms with E-state index in [1.165, 1.54) is 24.6 Å². The molecule has 0 bridgehead atoms. The smallest absolute Gasteiger partial charge is 0.345 e. The number of benzene rings is 1. The lowest BCUT2D eigenvalue weighted by molar-refractivity contribution is -0.195. The standard InChI is InChI=1S/C26H23F2N5O4S/c1-13-5-17(18-6-14(9-29)3-4-21(18)36-2)19(10-30-13)23(34)32-26-31-20-11-33(12-22(20)38-26)24(35)15-7-16(8-15)37-25(27)28/h3-6,10,15-16,25H,7-8,11-12H2,1-2H3,(H,31,32,34)/t15-,16-. The first kappa shape index (κ1) is 25.7. The van der Waals surface area contributed by atoms with E-state index in [0.29, 0.717) is 57.6 Å². The van der Waals surface area contributed by atoms with Crippen molar-refractivity contribution in [3.8, 4) is 22.9 Å². The van der Waals surface area contributed by atoms with Crippen LogP contribution in [0.2, 0.25) is 0 Å². The number of rotatable bonds is 7. The molecule has 5 rings (SSSR count). The Hall–Kier alpha value is -3.95. The molecule has 1 saturated carbocycles. The predicted octanol–water partition coefficient (Wildman–Crippen LogP) is 4.51. The highest BCUT2D eigenvalue weighted by molar-refractivity contribution is 7.16. The summed E-state index contributed by atoms with van der Waals surface area (Å²) in [5.41, 5.74) is 3.27. The van der Waals surface area contributed by atoms with E-state index in [-0.39, 0.29) is 24.7 Å². The Labute approximate surface area is 221 Å². The van der Waals surface area contributed by atoms with Crippen molar-refractivity contribution in [3.05, 3.63) is 57.9 Å². The Balaban J connectivity index is 1.29. The molecule has 12 heteroatoms. The highest BCUT2D eigenvalue weighted by atomic mass is 32.1. The van der Waals surface area contributed by atoms with Crippen molar-refractivity contribution in [1.29, 1.82) is 5.26 Å². The van der Waals surface area contributed by atoms with Crippen molar-refractivity contribution in [2.75, 3.05) is 12.4 Å². The summed E-state index contributed by atoms with van der Waals surface area (Å²) >= 11 is 1.28. The number of nitriles is 1. The largest absolute Gasteiger partial charge is 0.496 e. The summed E-state index contributed by atoms with van der Waals surface area (Å²) in [5.74, 6) is -0.327. The molecular weight excluding hydrogens is 516 g/mol. The molecule has 1 aliphatic heterocycles. The molecule has 0 saturated heterocycles. The van der Waals surface area contributed by atoms with E-state index < -0.39 is 18.6 Å². The number of aryl methyl sites for hydroxylation is 1. The topological polar surface area (TPSA) is 117 Å². The van der Waals surface area contributed by atoms with Crippen molar-refractivity contribution in [1.82, 2.24) is 14.9 Å². The number of ether oxygens (including phenoxy) is 2. The number of halogens is 2. The van der Waals surface area contributed by atoms with Gasteiger partial charge in [0.15, 0.2) is 5.13 Å². The van der Waals surface area contributed by atoms with Gasteiger partial charge in [-0.15, -0.1) is 0 Å². The maximum atomic E-state index is 13.3. The molecule has 1 N–H and O–H groups in total. The molecule has 2 aromatic heterocycles. The molecule has 1 aliphatic carbocycles. The van der Waals surface area contributed by atoms with Crippen LogP contribution in [0.5, 0.6) is 5.75 Å². The van der Waals surface area contributed by atoms with Crippen molar-refractivity contribution < 1.29 is 27.8 Å². The van der Waals surface area contributed by atoms with Gasteiger partial charge >= 0.3 is 6.61 Å². The van der Waals surface area contributed by atoms with Crippen LogP contribution in [0.15, 0.2) is 30.5 Å². The number of thiazole rings is 1. The fraction of sp³-hybridized carbons (Fsp3) is 0.346. The summed E-state index contributed by atoms with van der Waals surface area (Å²) in [6.45, 7) is -0.370. The number of hydrogen-bond donors (Lipinski definition) is 1. The van der Waals surface area contributed by atoms with Crippen LogP contribution in [0.25, 0.3) is 11.1 Å². The third-order valence-corrected chi connectivity index (χ3v) is 7.63. The Morgan fingerprint density at radius 1 is 1.24 bits per heavy atom. The summed E-state index contributed by atoms with van der Waals surface area (Å²) in [4.78, 5) is 37.3. The average Bonchev–Trinajstić information content (AvgIpc) is 3.43. The number of nitrogens with one attached hydrogen (secondary N) is 1. The zero-order valence-electron chi connectivity index (χ0n) is 20.5. The van der Waals surface area contributed by atoms with Crippen LogP contribution < -0.4 is 10.1 Å². The molecule has 0 spiro atoms. The molecule has 9 nitrogen and oxygen atoms in total. The Morgan fingerprint density at radius 2 is 2.03 bits per heavy atom. The van der Waals surface area contributed by atoms with Gasteiger partial charge < -0.3 is 14.4 Å². The highest BCUT2D eigenvalue weighted by Crippen LogP contribution is 2.38. The molecule has 1 fully saturated rings. The van der Waals surface area contributed by atoms with Gasteiger partial charge in [0.1, 0.15) is 5.75 Å². The van der Waals surface area contributed by atoms with Gasteiger partial charge in [0.25, 0.3) is 5.91 Å². The van der Waals surface area contributed by atoms with Crippen molar-refractivity contribution in [2.24, 2.45) is 5.92 Å². The molecule has 196 valence electrons. The predicted molar refractivity (Wildman–Crippen MR) is 134 cm³/mol. The van der Waals surface area contributed by atoms with Gasteiger partial charge in [0.2, 0.25) is 5.91 Å². The second kappa shape index (κ2) is 10.4. The van der Waals surface area contributed by atoms with Crippen LogP contribution in [0.1, 0.15) is 45.0 Å². The number of nitrogens with zero attached hydrogens (tertiary/aromatic N) is 4. The molecule has 38 heavy (non-hydrogen) atoms. The summed E-state index contributed by atoms with van der Waals surface area (Å²) in [7, 11) is 1.52. The number of aromatic nitrogens is 2. The molecule has 0 unspecified atom stereocenters. The number of alkyl halides is 2. The fourth-order valence-corrected chi connectivity index (χ4v) is 5.63. The molecule has 3 aromatic rings. The number of amides is 2. The van der Waals surface area contributed by atoms with Gasteiger partial charge in [-0.1, -0.05) is 11.3 Å². The number of anilines is 1. The van der Waals surface area contributed by atoms with Gasteiger partial charge in [-0.3, -0.25) is 19.9 Å². The zero-order chi connectivity index (χ0) is 27.0. The number of carbonyl (C=O) groups excluding carboxylic acids is 2. The van der Waals surface area contributed by atoms with E-state index in [4.69, 9.17) is 4.74 Å². The van der Waals surface area contributed by atoms with Crippen LogP contribution in [-0.2, 0) is 22.6 Å². The van der Waals surface area contributed by atoms with E-state index >= 15 is 0 Å². The fourth-order valence-electron chi connectivity index (χ4n) is 4.65. The first-order chi connectivity index (χ1) is 18.2. The molecule has 0 radical (unpaired) electrons. The summed E-state index contributed by atoms with van der Waals surface area (Å²) in [6.07, 6.45) is 1.47. The number of fused-ring (bicyclic) bond motifs is 1. The molecule has 1 aromatic carbocycles. The van der Waals surface area contributed by atoms with E-state index in [9.17, 15) is 23.6 Å². The Kier molecular flexibility index (Phi) is 7.05. The second-order valence-corrected chi connectivity index (χ2v) is 10.2. The van der Waals surface area contributed by atoms with Gasteiger partial charge in [0, 0.05) is 28.9 Å². The number of pyridine rings is 1. The first-order valence-corrected chi connectivity index (χ1v) is 12.6. The zero-order valence-corrected chi connectivity index (χ0v) is 21.3. The number of hydrogen-bond acceptors (Lipinski definition) is 8. The van der Waals surface area contributed by atoms with E-state index in [2.05, 4.69) is 26.1 Å². The Morgan fingerprint density at radius 3 is 2.71 bits per heavy atom. The maximum absolute atomic E-state index is 13.3. The van der Waals surface area contributed by atoms with Gasteiger partial charge in [-0.2, -0.15) is 14.0 Å². The lowest BCUT2D eigenvalue weighted by Gasteiger charge is -2.35. The van der Waals surface area contributed by atoms with E-state index in [1.54, 1.807) is 36.1 Å². The summed E-state index contributed by atoms with van der Waals surface area (Å²) in [6, 6.07) is 8.85. The minimum absolute atomic E-state index is 0.0983. The number of methoxy groups -OCH3 is 1. The van der Waals surface area contributed by atoms with Crippen molar-refractivity contribution in [2.45, 2.75) is 45.6 Å². The normalized spacial score (nSPS) is 18.1. The SMILES string of the molecule is COc1ccc(C#N)cc1-c1cc(C)ncc1C(=O)Nc1nc2c(s1)CN(C(=O)[C@H]1C[C@H](OC(F)F)C1)C2. The van der Waals surface area contributed by atoms with Gasteiger partial charge in [-0.05, 0) is 44.0 Å². The van der Waals surface area contributed by atoms with Crippen LogP contribution in [0, 0.1) is 24.2 Å². The number of carbonyl (C=O) groups is 2. The van der Waals surface area contributed by atoms with Gasteiger partial charge in [0.05, 0.1) is 54.1 Å². The van der Waals surface area contributed by atoms with Crippen LogP contribution in [0.4, 0.5) is 13.9 Å². The highest BCUT2D eigenvalue weighted by Gasteiger charge is 2.40. The molecular formula is C26H23F2N5O4S. The van der Waals surface area contributed by atoms with Crippen LogP contribution in [-0.4, -0.2) is 46.5 Å². The second-order valence-electron chi connectivity index (χ2n) is 9.12. The van der Waals surface area contributed by atoms with E-state index in [0.717, 1.165) is 4.88 Å². The molecule has 0 atom stereocenters. The third-order valence-electron chi connectivity index (χ3n) is 6.63. The molecule has 3 heterocycles. The average molecular weight is 540 g/mol. The maximum Gasteiger partial charge on any atom is 0.345 e. The summed E-state index contributed by atoms with van der Waals surface area (Å²) < 4.78 is 34.6.